The maximum atomic E-state index is 10.7. The molecule has 0 fully saturated rings. The molecule has 0 bridgehead atoms. The molecule has 0 aromatic carbocycles. The van der Waals surface area contributed by atoms with Crippen LogP contribution in [0.1, 0.15) is 52.4 Å². The fraction of sp³-hybridized carbons (Fsp3) is 0.923. The molecule has 1 N–H and O–H groups in total. The van der Waals surface area contributed by atoms with Gasteiger partial charge in [0.25, 0.3) is 0 Å². The van der Waals surface area contributed by atoms with Gasteiger partial charge in [0.2, 0.25) is 0 Å². The van der Waals surface area contributed by atoms with E-state index in [1.807, 2.05) is 0 Å². The molecule has 1 unspecified atom stereocenters. The molecule has 0 saturated heterocycles. The molecule has 0 radical (unpaired) electrons. The van der Waals surface area contributed by atoms with E-state index >= 15 is 0 Å². The van der Waals surface area contributed by atoms with Gasteiger partial charge in [-0.3, -0.25) is 0 Å². The second kappa shape index (κ2) is 11.9. The van der Waals surface area contributed by atoms with Crippen LogP contribution < -0.4 is 0 Å². The first-order valence-corrected chi connectivity index (χ1v) is 6.64. The fourth-order valence-electron chi connectivity index (χ4n) is 1.57. The summed E-state index contributed by atoms with van der Waals surface area (Å²) < 4.78 is 10.3. The molecular weight excluding hydrogens is 220 g/mol. The maximum Gasteiger partial charge on any atom is 0.335 e. The molecule has 0 aromatic rings. The molecule has 0 rings (SSSR count). The third kappa shape index (κ3) is 10.3. The Bertz CT molecular complexity index is 182. The summed E-state index contributed by atoms with van der Waals surface area (Å²) in [6, 6.07) is 0. The van der Waals surface area contributed by atoms with Crippen LogP contribution in [0.3, 0.4) is 0 Å². The summed E-state index contributed by atoms with van der Waals surface area (Å²) in [5.74, 6) is -0.949. The lowest BCUT2D eigenvalue weighted by Gasteiger charge is -2.12. The van der Waals surface area contributed by atoms with Crippen molar-refractivity contribution in [2.24, 2.45) is 0 Å². The van der Waals surface area contributed by atoms with Crippen molar-refractivity contribution in [1.82, 2.24) is 0 Å². The highest BCUT2D eigenvalue weighted by atomic mass is 16.5. The minimum absolute atomic E-state index is 0.151. The third-order valence-electron chi connectivity index (χ3n) is 2.55. The maximum absolute atomic E-state index is 10.7. The van der Waals surface area contributed by atoms with Crippen LogP contribution in [-0.4, -0.2) is 37.0 Å². The Morgan fingerprint density at radius 3 is 2.35 bits per heavy atom. The first-order chi connectivity index (χ1) is 8.22. The standard InChI is InChI=1S/C13H26O4/c1-3-5-6-7-8-9-10-16-11-12(13(14)15)17-4-2/h12H,3-11H2,1-2H3,(H,14,15). The van der Waals surface area contributed by atoms with E-state index in [0.717, 1.165) is 12.8 Å². The Morgan fingerprint density at radius 2 is 1.76 bits per heavy atom. The first kappa shape index (κ1) is 16.4. The minimum atomic E-state index is -0.949. The van der Waals surface area contributed by atoms with Crippen LogP contribution in [0.2, 0.25) is 0 Å². The number of carbonyl (C=O) groups is 1. The van der Waals surface area contributed by atoms with Gasteiger partial charge in [0.05, 0.1) is 6.61 Å². The van der Waals surface area contributed by atoms with Crippen LogP contribution in [0.25, 0.3) is 0 Å². The predicted octanol–water partition coefficient (Wildman–Crippen LogP) is 2.85. The molecule has 102 valence electrons. The van der Waals surface area contributed by atoms with Crippen LogP contribution in [0, 0.1) is 0 Å². The van der Waals surface area contributed by atoms with Crippen LogP contribution in [-0.2, 0) is 14.3 Å². The molecule has 0 aliphatic carbocycles. The van der Waals surface area contributed by atoms with Gasteiger partial charge in [0.1, 0.15) is 0 Å². The molecule has 4 heteroatoms. The van der Waals surface area contributed by atoms with Gasteiger partial charge >= 0.3 is 5.97 Å². The van der Waals surface area contributed by atoms with Crippen molar-refractivity contribution in [3.05, 3.63) is 0 Å². The Hall–Kier alpha value is -0.610. The average molecular weight is 246 g/mol. The van der Waals surface area contributed by atoms with Gasteiger partial charge in [0, 0.05) is 13.2 Å². The lowest BCUT2D eigenvalue weighted by Crippen LogP contribution is -2.29. The summed E-state index contributed by atoms with van der Waals surface area (Å²) >= 11 is 0. The number of rotatable bonds is 12. The summed E-state index contributed by atoms with van der Waals surface area (Å²) in [6.07, 6.45) is 6.42. The van der Waals surface area contributed by atoms with Crippen molar-refractivity contribution < 1.29 is 19.4 Å². The molecule has 0 aliphatic rings. The number of ether oxygens (including phenoxy) is 2. The number of carboxylic acids is 1. The molecule has 4 nitrogen and oxygen atoms in total. The Balaban J connectivity index is 3.33. The van der Waals surface area contributed by atoms with Gasteiger partial charge in [-0.25, -0.2) is 4.79 Å². The van der Waals surface area contributed by atoms with Crippen LogP contribution >= 0.6 is 0 Å². The molecule has 0 spiro atoms. The number of unbranched alkanes of at least 4 members (excludes halogenated alkanes) is 5. The second-order valence-corrected chi connectivity index (χ2v) is 4.12. The van der Waals surface area contributed by atoms with Crippen LogP contribution in [0.15, 0.2) is 0 Å². The van der Waals surface area contributed by atoms with Crippen molar-refractivity contribution >= 4 is 5.97 Å². The highest BCUT2D eigenvalue weighted by molar-refractivity contribution is 5.72. The first-order valence-electron chi connectivity index (χ1n) is 6.64. The van der Waals surface area contributed by atoms with E-state index in [-0.39, 0.29) is 6.61 Å². The van der Waals surface area contributed by atoms with Gasteiger partial charge in [-0.15, -0.1) is 0 Å². The van der Waals surface area contributed by atoms with E-state index in [9.17, 15) is 4.79 Å². The normalized spacial score (nSPS) is 12.6. The van der Waals surface area contributed by atoms with Gasteiger partial charge in [-0.05, 0) is 13.3 Å². The quantitative estimate of drug-likeness (QED) is 0.538. The Morgan fingerprint density at radius 1 is 1.12 bits per heavy atom. The van der Waals surface area contributed by atoms with E-state index in [0.29, 0.717) is 13.2 Å². The number of aliphatic carboxylic acids is 1. The van der Waals surface area contributed by atoms with Gasteiger partial charge in [-0.2, -0.15) is 0 Å². The Kier molecular flexibility index (Phi) is 11.4. The smallest absolute Gasteiger partial charge is 0.335 e. The molecule has 1 atom stereocenters. The molecule has 0 heterocycles. The number of carboxylic acid groups (broad SMARTS) is 1. The number of hydrogen-bond donors (Lipinski definition) is 1. The lowest BCUT2D eigenvalue weighted by atomic mass is 10.1. The summed E-state index contributed by atoms with van der Waals surface area (Å²) in [5, 5.41) is 8.80. The zero-order valence-corrected chi connectivity index (χ0v) is 11.1. The summed E-state index contributed by atoms with van der Waals surface area (Å²) in [5.41, 5.74) is 0. The summed E-state index contributed by atoms with van der Waals surface area (Å²) in [4.78, 5) is 10.7. The summed E-state index contributed by atoms with van der Waals surface area (Å²) in [6.45, 7) is 5.16. The zero-order chi connectivity index (χ0) is 12.9. The van der Waals surface area contributed by atoms with Crippen LogP contribution in [0.5, 0.6) is 0 Å². The van der Waals surface area contributed by atoms with Gasteiger partial charge < -0.3 is 14.6 Å². The van der Waals surface area contributed by atoms with Gasteiger partial charge in [-0.1, -0.05) is 39.0 Å². The van der Waals surface area contributed by atoms with E-state index in [1.165, 1.54) is 25.7 Å². The topological polar surface area (TPSA) is 55.8 Å². The van der Waals surface area contributed by atoms with Crippen molar-refractivity contribution in [2.75, 3.05) is 19.8 Å². The minimum Gasteiger partial charge on any atom is -0.479 e. The fourth-order valence-corrected chi connectivity index (χ4v) is 1.57. The highest BCUT2D eigenvalue weighted by Gasteiger charge is 2.16. The Labute approximate surface area is 104 Å². The molecule has 0 saturated carbocycles. The van der Waals surface area contributed by atoms with Crippen molar-refractivity contribution in [1.29, 1.82) is 0 Å². The second-order valence-electron chi connectivity index (χ2n) is 4.12. The SMILES string of the molecule is CCCCCCCCOCC(OCC)C(=O)O. The van der Waals surface area contributed by atoms with E-state index < -0.39 is 12.1 Å². The monoisotopic (exact) mass is 246 g/mol. The third-order valence-corrected chi connectivity index (χ3v) is 2.55. The molecular formula is C13H26O4. The van der Waals surface area contributed by atoms with E-state index in [4.69, 9.17) is 14.6 Å². The van der Waals surface area contributed by atoms with Gasteiger partial charge in [0.15, 0.2) is 6.10 Å². The van der Waals surface area contributed by atoms with Crippen molar-refractivity contribution in [2.45, 2.75) is 58.5 Å². The van der Waals surface area contributed by atoms with E-state index in [1.54, 1.807) is 6.92 Å². The lowest BCUT2D eigenvalue weighted by molar-refractivity contribution is -0.154. The highest BCUT2D eigenvalue weighted by Crippen LogP contribution is 2.05. The summed E-state index contributed by atoms with van der Waals surface area (Å²) in [7, 11) is 0. The predicted molar refractivity (Wildman–Crippen MR) is 67.2 cm³/mol. The van der Waals surface area contributed by atoms with Crippen LogP contribution in [0.4, 0.5) is 0 Å². The van der Waals surface area contributed by atoms with Crippen molar-refractivity contribution in [3.8, 4) is 0 Å². The molecule has 0 aliphatic heterocycles. The largest absolute Gasteiger partial charge is 0.479 e. The molecule has 17 heavy (non-hydrogen) atoms. The molecule has 0 aromatic heterocycles. The van der Waals surface area contributed by atoms with Crippen molar-refractivity contribution in [3.63, 3.8) is 0 Å². The molecule has 0 amide bonds. The zero-order valence-electron chi connectivity index (χ0n) is 11.1. The number of hydrogen-bond acceptors (Lipinski definition) is 3. The average Bonchev–Trinajstić information content (AvgIpc) is 2.31. The van der Waals surface area contributed by atoms with E-state index in [2.05, 4.69) is 6.92 Å².